The maximum absolute atomic E-state index is 13.0. The van der Waals surface area contributed by atoms with E-state index in [-0.39, 0.29) is 6.10 Å². The molecular weight excluding hydrogens is 283 g/mol. The average Bonchev–Trinajstić information content (AvgIpc) is 2.78. The maximum Gasteiger partial charge on any atom is 0.143 e. The molecule has 0 aliphatic carbocycles. The van der Waals surface area contributed by atoms with Gasteiger partial charge in [-0.25, -0.2) is 4.39 Å². The second kappa shape index (κ2) is 6.84. The van der Waals surface area contributed by atoms with Crippen LogP contribution < -0.4 is 15.0 Å². The van der Waals surface area contributed by atoms with Gasteiger partial charge in [-0.15, -0.1) is 0 Å². The van der Waals surface area contributed by atoms with Crippen molar-refractivity contribution in [3.8, 4) is 5.75 Å². The molecular formula is C17H25FN2O2. The first-order valence-corrected chi connectivity index (χ1v) is 8.07. The second-order valence-corrected chi connectivity index (χ2v) is 6.04. The molecule has 3 rings (SSSR count). The largest absolute Gasteiger partial charge is 0.490 e. The van der Waals surface area contributed by atoms with Crippen molar-refractivity contribution in [1.82, 2.24) is 5.32 Å². The lowest BCUT2D eigenvalue weighted by atomic mass is 9.94. The number of hydrogen-bond donors (Lipinski definition) is 1. The molecule has 1 atom stereocenters. The summed E-state index contributed by atoms with van der Waals surface area (Å²) in [4.78, 5) is 2.22. The Morgan fingerprint density at radius 2 is 2.23 bits per heavy atom. The Morgan fingerprint density at radius 3 is 3.00 bits per heavy atom. The fourth-order valence-electron chi connectivity index (χ4n) is 3.51. The third-order valence-electron chi connectivity index (χ3n) is 4.72. The van der Waals surface area contributed by atoms with Gasteiger partial charge in [-0.05, 0) is 55.6 Å². The monoisotopic (exact) mass is 308 g/mol. The summed E-state index contributed by atoms with van der Waals surface area (Å²) in [5, 5.41) is 3.45. The second-order valence-electron chi connectivity index (χ2n) is 6.04. The van der Waals surface area contributed by atoms with Crippen LogP contribution in [0.1, 0.15) is 16.7 Å². The van der Waals surface area contributed by atoms with Gasteiger partial charge in [-0.3, -0.25) is 0 Å². The minimum atomic E-state index is -0.461. The molecule has 22 heavy (non-hydrogen) atoms. The van der Waals surface area contributed by atoms with Crippen molar-refractivity contribution < 1.29 is 13.9 Å². The van der Waals surface area contributed by atoms with E-state index in [4.69, 9.17) is 9.47 Å². The van der Waals surface area contributed by atoms with Crippen LogP contribution in [-0.4, -0.2) is 52.7 Å². The van der Waals surface area contributed by atoms with Crippen LogP contribution in [-0.2, 0) is 17.6 Å². The first-order valence-electron chi connectivity index (χ1n) is 8.07. The van der Waals surface area contributed by atoms with E-state index in [2.05, 4.69) is 23.2 Å². The lowest BCUT2D eigenvalue weighted by molar-refractivity contribution is 0.0830. The summed E-state index contributed by atoms with van der Waals surface area (Å²) in [6.45, 7) is 5.73. The van der Waals surface area contributed by atoms with Gasteiger partial charge in [0, 0.05) is 13.7 Å². The molecule has 2 heterocycles. The standard InChI is InChI=1S/C17H25FN2O2/c1-12-15-4-6-19-5-3-13(15)9-16-17(12)20(7-8-22-16)11-14(10-18)21-2/h9,14,19H,3-8,10-11H2,1-2H3/t14-/m0/s1. The summed E-state index contributed by atoms with van der Waals surface area (Å²) < 4.78 is 24.1. The highest BCUT2D eigenvalue weighted by atomic mass is 19.1. The number of rotatable bonds is 4. The Balaban J connectivity index is 1.97. The van der Waals surface area contributed by atoms with Crippen molar-refractivity contribution in [1.29, 1.82) is 0 Å². The molecule has 0 bridgehead atoms. The summed E-state index contributed by atoms with van der Waals surface area (Å²) in [6.07, 6.45) is 1.70. The van der Waals surface area contributed by atoms with Crippen molar-refractivity contribution in [2.75, 3.05) is 51.5 Å². The van der Waals surface area contributed by atoms with Crippen molar-refractivity contribution in [2.45, 2.75) is 25.9 Å². The number of anilines is 1. The van der Waals surface area contributed by atoms with Gasteiger partial charge >= 0.3 is 0 Å². The minimum Gasteiger partial charge on any atom is -0.490 e. The van der Waals surface area contributed by atoms with Crippen LogP contribution in [0.25, 0.3) is 0 Å². The summed E-state index contributed by atoms with van der Waals surface area (Å²) in [7, 11) is 1.57. The molecule has 122 valence electrons. The van der Waals surface area contributed by atoms with Gasteiger partial charge < -0.3 is 19.7 Å². The highest BCUT2D eigenvalue weighted by Gasteiger charge is 2.26. The Bertz CT molecular complexity index is 532. The van der Waals surface area contributed by atoms with Gasteiger partial charge in [0.25, 0.3) is 0 Å². The smallest absolute Gasteiger partial charge is 0.143 e. The molecule has 0 saturated heterocycles. The van der Waals surface area contributed by atoms with Gasteiger partial charge in [0.15, 0.2) is 0 Å². The van der Waals surface area contributed by atoms with E-state index in [9.17, 15) is 4.39 Å². The van der Waals surface area contributed by atoms with E-state index in [0.29, 0.717) is 13.2 Å². The zero-order valence-corrected chi connectivity index (χ0v) is 13.5. The summed E-state index contributed by atoms with van der Waals surface area (Å²) in [5.74, 6) is 0.943. The van der Waals surface area contributed by atoms with Gasteiger partial charge in [-0.2, -0.15) is 0 Å². The third-order valence-corrected chi connectivity index (χ3v) is 4.72. The number of hydrogen-bond acceptors (Lipinski definition) is 4. The van der Waals surface area contributed by atoms with Crippen LogP contribution in [0.3, 0.4) is 0 Å². The average molecular weight is 308 g/mol. The Hall–Kier alpha value is -1.33. The van der Waals surface area contributed by atoms with E-state index in [1.807, 2.05) is 0 Å². The van der Waals surface area contributed by atoms with Crippen molar-refractivity contribution in [3.05, 3.63) is 22.8 Å². The Morgan fingerprint density at radius 1 is 1.41 bits per heavy atom. The predicted octanol–water partition coefficient (Wildman–Crippen LogP) is 1.87. The molecule has 2 aliphatic heterocycles. The summed E-state index contributed by atoms with van der Waals surface area (Å²) in [6, 6.07) is 2.19. The topological polar surface area (TPSA) is 33.7 Å². The summed E-state index contributed by atoms with van der Waals surface area (Å²) >= 11 is 0. The minimum absolute atomic E-state index is 0.383. The first-order chi connectivity index (χ1) is 10.7. The van der Waals surface area contributed by atoms with Crippen LogP contribution in [0.4, 0.5) is 10.1 Å². The quantitative estimate of drug-likeness (QED) is 0.921. The fraction of sp³-hybridized carbons (Fsp3) is 0.647. The Labute approximate surface area is 131 Å². The molecule has 0 aromatic heterocycles. The van der Waals surface area contributed by atoms with Gasteiger partial charge in [-0.1, -0.05) is 0 Å². The zero-order valence-electron chi connectivity index (χ0n) is 13.5. The predicted molar refractivity (Wildman–Crippen MR) is 85.9 cm³/mol. The molecule has 0 saturated carbocycles. The van der Waals surface area contributed by atoms with Crippen LogP contribution in [0, 0.1) is 6.92 Å². The molecule has 1 aromatic carbocycles. The molecule has 1 aromatic rings. The molecule has 0 unspecified atom stereocenters. The molecule has 4 nitrogen and oxygen atoms in total. The van der Waals surface area contributed by atoms with E-state index in [1.165, 1.54) is 16.7 Å². The van der Waals surface area contributed by atoms with E-state index < -0.39 is 6.67 Å². The molecule has 1 N–H and O–H groups in total. The molecule has 0 spiro atoms. The number of alkyl halides is 1. The number of nitrogens with one attached hydrogen (secondary N) is 1. The first kappa shape index (κ1) is 15.6. The third kappa shape index (κ3) is 2.92. The molecule has 0 amide bonds. The van der Waals surface area contributed by atoms with E-state index in [1.54, 1.807) is 7.11 Å². The number of ether oxygens (including phenoxy) is 2. The highest BCUT2D eigenvalue weighted by Crippen LogP contribution is 2.39. The van der Waals surface area contributed by atoms with Gasteiger partial charge in [0.2, 0.25) is 0 Å². The lowest BCUT2D eigenvalue weighted by Crippen LogP contribution is -2.40. The SMILES string of the molecule is CO[C@@H](CF)CN1CCOc2cc3c(c(C)c21)CCNCC3. The number of halogens is 1. The zero-order chi connectivity index (χ0) is 15.5. The number of nitrogens with zero attached hydrogens (tertiary/aromatic N) is 1. The van der Waals surface area contributed by atoms with Crippen molar-refractivity contribution in [2.24, 2.45) is 0 Å². The van der Waals surface area contributed by atoms with Crippen LogP contribution in [0.5, 0.6) is 5.75 Å². The molecule has 2 aliphatic rings. The molecule has 5 heteroatoms. The van der Waals surface area contributed by atoms with E-state index >= 15 is 0 Å². The van der Waals surface area contributed by atoms with Crippen molar-refractivity contribution >= 4 is 5.69 Å². The van der Waals surface area contributed by atoms with Gasteiger partial charge in [0.1, 0.15) is 25.1 Å². The molecule has 0 radical (unpaired) electrons. The van der Waals surface area contributed by atoms with Crippen molar-refractivity contribution in [3.63, 3.8) is 0 Å². The van der Waals surface area contributed by atoms with Crippen LogP contribution in [0.2, 0.25) is 0 Å². The maximum atomic E-state index is 13.0. The number of benzene rings is 1. The lowest BCUT2D eigenvalue weighted by Gasteiger charge is -2.35. The van der Waals surface area contributed by atoms with Gasteiger partial charge in [0.05, 0.1) is 12.2 Å². The van der Waals surface area contributed by atoms with Crippen LogP contribution in [0.15, 0.2) is 6.07 Å². The molecule has 0 fully saturated rings. The fourth-order valence-corrected chi connectivity index (χ4v) is 3.51. The number of methoxy groups -OCH3 is 1. The number of fused-ring (bicyclic) bond motifs is 2. The van der Waals surface area contributed by atoms with Crippen LogP contribution >= 0.6 is 0 Å². The highest BCUT2D eigenvalue weighted by molar-refractivity contribution is 5.69. The summed E-state index contributed by atoms with van der Waals surface area (Å²) in [5.41, 5.74) is 5.22. The normalized spacial score (nSPS) is 19.0. The Kier molecular flexibility index (Phi) is 4.84. The van der Waals surface area contributed by atoms with E-state index in [0.717, 1.165) is 43.9 Å².